The molecule has 6 nitrogen and oxygen atoms in total. The molecule has 1 aromatic heterocycles. The molecule has 2 aromatic carbocycles. The van der Waals surface area contributed by atoms with Crippen LogP contribution in [0.1, 0.15) is 21.6 Å². The summed E-state index contributed by atoms with van der Waals surface area (Å²) in [6.07, 6.45) is 3.10. The first-order chi connectivity index (χ1) is 13.0. The summed E-state index contributed by atoms with van der Waals surface area (Å²) in [6, 6.07) is 15.3. The number of nitrogens with one attached hydrogen (secondary N) is 1. The topological polar surface area (TPSA) is 67.2 Å². The Kier molecular flexibility index (Phi) is 5.35. The fourth-order valence-corrected chi connectivity index (χ4v) is 2.79. The van der Waals surface area contributed by atoms with Gasteiger partial charge in [0.15, 0.2) is 0 Å². The summed E-state index contributed by atoms with van der Waals surface area (Å²) in [6.45, 7) is 3.85. The van der Waals surface area contributed by atoms with Gasteiger partial charge in [0.1, 0.15) is 5.69 Å². The number of hydrogen-bond donors (Lipinski definition) is 1. The normalized spacial score (nSPS) is 10.5. The Balaban J connectivity index is 1.71. The molecule has 0 bridgehead atoms. The summed E-state index contributed by atoms with van der Waals surface area (Å²) in [5, 5.41) is 2.87. The van der Waals surface area contributed by atoms with Crippen LogP contribution in [0.15, 0.2) is 61.1 Å². The minimum atomic E-state index is -0.271. The van der Waals surface area contributed by atoms with Crippen LogP contribution in [-0.2, 0) is 4.79 Å². The highest BCUT2D eigenvalue weighted by Gasteiger charge is 2.19. The van der Waals surface area contributed by atoms with E-state index in [2.05, 4.69) is 10.3 Å². The molecule has 2 amide bonds. The van der Waals surface area contributed by atoms with Crippen LogP contribution < -0.4 is 5.32 Å². The summed E-state index contributed by atoms with van der Waals surface area (Å²) in [7, 11) is 1.60. The van der Waals surface area contributed by atoms with E-state index in [4.69, 9.17) is 0 Å². The second-order valence-electron chi connectivity index (χ2n) is 6.51. The van der Waals surface area contributed by atoms with E-state index in [0.29, 0.717) is 5.69 Å². The Labute approximate surface area is 158 Å². The largest absolute Gasteiger partial charge is 0.331 e. The smallest absolute Gasteiger partial charge is 0.272 e. The highest BCUT2D eigenvalue weighted by atomic mass is 16.2. The van der Waals surface area contributed by atoms with Crippen LogP contribution in [0.3, 0.4) is 0 Å². The summed E-state index contributed by atoms with van der Waals surface area (Å²) in [5.74, 6) is -0.516. The van der Waals surface area contributed by atoms with Gasteiger partial charge in [-0.1, -0.05) is 30.3 Å². The molecular formula is C21H22N4O2. The van der Waals surface area contributed by atoms with Crippen molar-refractivity contribution in [2.24, 2.45) is 0 Å². The van der Waals surface area contributed by atoms with Crippen molar-refractivity contribution in [2.75, 3.05) is 18.9 Å². The Bertz CT molecular complexity index is 963. The third-order valence-electron chi connectivity index (χ3n) is 4.29. The Hall–Kier alpha value is -3.41. The molecule has 0 aliphatic rings. The molecule has 0 aliphatic heterocycles. The van der Waals surface area contributed by atoms with Gasteiger partial charge in [-0.25, -0.2) is 4.98 Å². The number of likely N-dealkylation sites (N-methyl/N-ethyl adjacent to an activating group) is 1. The van der Waals surface area contributed by atoms with E-state index >= 15 is 0 Å². The first-order valence-electron chi connectivity index (χ1n) is 8.66. The number of carbonyl (C=O) groups excluding carboxylic acids is 2. The molecule has 3 aromatic rings. The molecule has 0 aliphatic carbocycles. The fraction of sp³-hybridized carbons (Fsp3) is 0.190. The molecule has 6 heteroatoms. The van der Waals surface area contributed by atoms with Crippen molar-refractivity contribution in [3.8, 4) is 5.69 Å². The van der Waals surface area contributed by atoms with Gasteiger partial charge in [0.05, 0.1) is 19.1 Å². The van der Waals surface area contributed by atoms with Crippen LogP contribution in [0.25, 0.3) is 5.69 Å². The lowest BCUT2D eigenvalue weighted by atomic mass is 10.1. The van der Waals surface area contributed by atoms with Gasteiger partial charge in [0, 0.05) is 18.4 Å². The van der Waals surface area contributed by atoms with Gasteiger partial charge in [-0.15, -0.1) is 0 Å². The van der Waals surface area contributed by atoms with E-state index in [1.165, 1.54) is 11.1 Å². The lowest BCUT2D eigenvalue weighted by molar-refractivity contribution is -0.116. The van der Waals surface area contributed by atoms with E-state index < -0.39 is 0 Å². The fourth-order valence-electron chi connectivity index (χ4n) is 2.79. The van der Waals surface area contributed by atoms with Crippen LogP contribution in [0.5, 0.6) is 0 Å². The van der Waals surface area contributed by atoms with Gasteiger partial charge < -0.3 is 10.2 Å². The van der Waals surface area contributed by atoms with Gasteiger partial charge in [0.25, 0.3) is 5.91 Å². The molecule has 0 fully saturated rings. The van der Waals surface area contributed by atoms with Gasteiger partial charge in [-0.3, -0.25) is 14.2 Å². The number of aryl methyl sites for hydroxylation is 2. The summed E-state index contributed by atoms with van der Waals surface area (Å²) >= 11 is 0. The number of amides is 2. The standard InChI is InChI=1S/C21H22N4O2/c1-15-9-10-16(2)18(11-15)23-20(26)13-24(3)21(27)19-12-22-14-25(19)17-7-5-4-6-8-17/h4-12,14H,13H2,1-3H3,(H,23,26). The van der Waals surface area contributed by atoms with Crippen molar-refractivity contribution < 1.29 is 9.59 Å². The molecule has 0 spiro atoms. The molecule has 27 heavy (non-hydrogen) atoms. The third-order valence-corrected chi connectivity index (χ3v) is 4.29. The maximum atomic E-state index is 12.8. The van der Waals surface area contributed by atoms with Crippen molar-refractivity contribution in [1.29, 1.82) is 0 Å². The average molecular weight is 362 g/mol. The zero-order chi connectivity index (χ0) is 19.4. The number of benzene rings is 2. The Morgan fingerprint density at radius 2 is 1.85 bits per heavy atom. The zero-order valence-electron chi connectivity index (χ0n) is 15.6. The lowest BCUT2D eigenvalue weighted by Crippen LogP contribution is -2.35. The first kappa shape index (κ1) is 18.4. The molecule has 0 atom stereocenters. The number of para-hydroxylation sites is 1. The number of nitrogens with zero attached hydrogens (tertiary/aromatic N) is 3. The minimum absolute atomic E-state index is 0.0494. The first-order valence-corrected chi connectivity index (χ1v) is 8.66. The third kappa shape index (κ3) is 4.23. The van der Waals surface area contributed by atoms with Crippen LogP contribution in [0.2, 0.25) is 0 Å². The SMILES string of the molecule is Cc1ccc(C)c(NC(=O)CN(C)C(=O)c2cncn2-c2ccccc2)c1. The molecule has 1 heterocycles. The summed E-state index contributed by atoms with van der Waals surface area (Å²) in [5.41, 5.74) is 4.04. The number of rotatable bonds is 5. The molecular weight excluding hydrogens is 340 g/mol. The van der Waals surface area contributed by atoms with Gasteiger partial charge in [-0.2, -0.15) is 0 Å². The molecule has 0 unspecified atom stereocenters. The van der Waals surface area contributed by atoms with Gasteiger partial charge >= 0.3 is 0 Å². The summed E-state index contributed by atoms with van der Waals surface area (Å²) < 4.78 is 1.71. The van der Waals surface area contributed by atoms with Crippen molar-refractivity contribution in [3.63, 3.8) is 0 Å². The molecule has 0 radical (unpaired) electrons. The predicted octanol–water partition coefficient (Wildman–Crippen LogP) is 3.20. The molecule has 0 saturated heterocycles. The van der Waals surface area contributed by atoms with E-state index in [9.17, 15) is 9.59 Å². The van der Waals surface area contributed by atoms with Gasteiger partial charge in [0.2, 0.25) is 5.91 Å². The Morgan fingerprint density at radius 1 is 1.11 bits per heavy atom. The lowest BCUT2D eigenvalue weighted by Gasteiger charge is -2.18. The number of hydrogen-bond acceptors (Lipinski definition) is 3. The minimum Gasteiger partial charge on any atom is -0.331 e. The van der Waals surface area contributed by atoms with Crippen LogP contribution in [0.4, 0.5) is 5.69 Å². The van der Waals surface area contributed by atoms with Crippen molar-refractivity contribution in [2.45, 2.75) is 13.8 Å². The van der Waals surface area contributed by atoms with E-state index in [1.54, 1.807) is 17.9 Å². The number of imidazole rings is 1. The van der Waals surface area contributed by atoms with E-state index in [-0.39, 0.29) is 18.4 Å². The zero-order valence-corrected chi connectivity index (χ0v) is 15.6. The second kappa shape index (κ2) is 7.86. The number of aromatic nitrogens is 2. The Morgan fingerprint density at radius 3 is 2.59 bits per heavy atom. The molecule has 0 saturated carbocycles. The maximum Gasteiger partial charge on any atom is 0.272 e. The maximum absolute atomic E-state index is 12.8. The van der Waals surface area contributed by atoms with Crippen LogP contribution >= 0.6 is 0 Å². The van der Waals surface area contributed by atoms with Gasteiger partial charge in [-0.05, 0) is 43.2 Å². The molecule has 1 N–H and O–H groups in total. The monoisotopic (exact) mass is 362 g/mol. The predicted molar refractivity (Wildman–Crippen MR) is 105 cm³/mol. The quantitative estimate of drug-likeness (QED) is 0.758. The van der Waals surface area contributed by atoms with Crippen LogP contribution in [0, 0.1) is 13.8 Å². The highest BCUT2D eigenvalue weighted by molar-refractivity contribution is 5.99. The van der Waals surface area contributed by atoms with Crippen molar-refractivity contribution in [3.05, 3.63) is 77.9 Å². The molecule has 3 rings (SSSR count). The van der Waals surface area contributed by atoms with Crippen molar-refractivity contribution in [1.82, 2.24) is 14.5 Å². The highest BCUT2D eigenvalue weighted by Crippen LogP contribution is 2.16. The number of anilines is 1. The summed E-state index contributed by atoms with van der Waals surface area (Å²) in [4.78, 5) is 30.7. The molecule has 138 valence electrons. The van der Waals surface area contributed by atoms with E-state index in [1.807, 2.05) is 62.4 Å². The number of carbonyl (C=O) groups is 2. The van der Waals surface area contributed by atoms with E-state index in [0.717, 1.165) is 22.5 Å². The van der Waals surface area contributed by atoms with Crippen molar-refractivity contribution >= 4 is 17.5 Å². The second-order valence-corrected chi connectivity index (χ2v) is 6.51. The average Bonchev–Trinajstić information content (AvgIpc) is 3.14. The van der Waals surface area contributed by atoms with Crippen LogP contribution in [-0.4, -0.2) is 39.9 Å².